The largest absolute Gasteiger partial charge is 0.425 e. The van der Waals surface area contributed by atoms with Gasteiger partial charge in [-0.05, 0) is 37.1 Å². The second kappa shape index (κ2) is 6.57. The molecule has 0 aliphatic carbocycles. The minimum Gasteiger partial charge on any atom is -0.425 e. The summed E-state index contributed by atoms with van der Waals surface area (Å²) >= 11 is 5.75. The van der Waals surface area contributed by atoms with Crippen LogP contribution in [0.2, 0.25) is 5.02 Å². The van der Waals surface area contributed by atoms with Crippen molar-refractivity contribution >= 4 is 23.5 Å². The first-order chi connectivity index (χ1) is 9.15. The summed E-state index contributed by atoms with van der Waals surface area (Å²) in [5, 5.41) is 0.586. The summed E-state index contributed by atoms with van der Waals surface area (Å²) in [7, 11) is 0. The molecule has 5 heteroatoms. The lowest BCUT2D eigenvalue weighted by atomic mass is 10.2. The van der Waals surface area contributed by atoms with Crippen molar-refractivity contribution in [3.05, 3.63) is 29.3 Å². The Morgan fingerprint density at radius 3 is 2.68 bits per heavy atom. The van der Waals surface area contributed by atoms with Crippen molar-refractivity contribution in [2.24, 2.45) is 0 Å². The second-order valence-corrected chi connectivity index (χ2v) is 4.99. The lowest BCUT2D eigenvalue weighted by molar-refractivity contribution is -0.142. The highest BCUT2D eigenvalue weighted by Crippen LogP contribution is 2.16. The van der Waals surface area contributed by atoms with Crippen LogP contribution in [0.3, 0.4) is 0 Å². The molecule has 0 unspecified atom stereocenters. The van der Waals surface area contributed by atoms with Gasteiger partial charge in [-0.2, -0.15) is 0 Å². The van der Waals surface area contributed by atoms with E-state index in [1.54, 1.807) is 29.2 Å². The maximum absolute atomic E-state index is 11.8. The van der Waals surface area contributed by atoms with Crippen molar-refractivity contribution in [3.63, 3.8) is 0 Å². The summed E-state index contributed by atoms with van der Waals surface area (Å²) in [6.45, 7) is 0.649. The summed E-state index contributed by atoms with van der Waals surface area (Å²) in [5.74, 6) is 0.0554. The van der Waals surface area contributed by atoms with Gasteiger partial charge in [-0.25, -0.2) is 4.79 Å². The molecule has 1 aromatic carbocycles. The van der Waals surface area contributed by atoms with Gasteiger partial charge in [-0.1, -0.05) is 18.0 Å². The van der Waals surface area contributed by atoms with Crippen LogP contribution in [-0.4, -0.2) is 29.9 Å². The highest BCUT2D eigenvalue weighted by molar-refractivity contribution is 6.30. The van der Waals surface area contributed by atoms with E-state index >= 15 is 0 Å². The van der Waals surface area contributed by atoms with Crippen LogP contribution in [0.5, 0.6) is 5.75 Å². The summed E-state index contributed by atoms with van der Waals surface area (Å²) < 4.78 is 5.17. The van der Waals surface area contributed by atoms with Gasteiger partial charge in [0.1, 0.15) is 12.3 Å². The zero-order valence-electron chi connectivity index (χ0n) is 10.6. The van der Waals surface area contributed by atoms with Gasteiger partial charge in [0, 0.05) is 18.0 Å². The molecule has 1 aliphatic heterocycles. The molecule has 4 nitrogen and oxygen atoms in total. The average molecular weight is 282 g/mol. The number of carbonyl (C=O) groups is 2. The molecule has 0 saturated carbocycles. The molecular formula is C14H16ClNO3. The Hall–Kier alpha value is -1.55. The molecule has 102 valence electrons. The van der Waals surface area contributed by atoms with Crippen LogP contribution in [0.1, 0.15) is 25.7 Å². The lowest BCUT2D eigenvalue weighted by Crippen LogP contribution is -2.36. The molecule has 0 atom stereocenters. The van der Waals surface area contributed by atoms with Gasteiger partial charge in [-0.3, -0.25) is 4.79 Å². The van der Waals surface area contributed by atoms with Crippen molar-refractivity contribution in [1.82, 2.24) is 4.90 Å². The van der Waals surface area contributed by atoms with Gasteiger partial charge < -0.3 is 9.64 Å². The monoisotopic (exact) mass is 281 g/mol. The summed E-state index contributed by atoms with van der Waals surface area (Å²) in [4.78, 5) is 25.1. The van der Waals surface area contributed by atoms with Crippen LogP contribution in [0, 0.1) is 0 Å². The molecule has 1 heterocycles. The van der Waals surface area contributed by atoms with Gasteiger partial charge >= 0.3 is 5.97 Å². The highest BCUT2D eigenvalue weighted by Gasteiger charge is 2.20. The first-order valence-corrected chi connectivity index (χ1v) is 6.77. The zero-order valence-corrected chi connectivity index (χ0v) is 11.4. The number of hydrogen-bond acceptors (Lipinski definition) is 3. The first-order valence-electron chi connectivity index (χ1n) is 6.39. The summed E-state index contributed by atoms with van der Waals surface area (Å²) in [5.41, 5.74) is 0. The summed E-state index contributed by atoms with van der Waals surface area (Å²) in [6, 6.07) is 6.57. The second-order valence-electron chi connectivity index (χ2n) is 4.55. The maximum Gasteiger partial charge on any atom is 0.331 e. The number of amides is 1. The molecule has 1 aromatic rings. The highest BCUT2D eigenvalue weighted by atomic mass is 35.5. The molecule has 1 saturated heterocycles. The van der Waals surface area contributed by atoms with Crippen LogP contribution < -0.4 is 4.74 Å². The van der Waals surface area contributed by atoms with Crippen molar-refractivity contribution in [2.45, 2.75) is 25.7 Å². The van der Waals surface area contributed by atoms with E-state index in [4.69, 9.17) is 16.3 Å². The quantitative estimate of drug-likeness (QED) is 0.632. The third-order valence-corrected chi connectivity index (χ3v) is 3.29. The van der Waals surface area contributed by atoms with Crippen molar-refractivity contribution in [1.29, 1.82) is 0 Å². The third-order valence-electron chi connectivity index (χ3n) is 3.04. The van der Waals surface area contributed by atoms with Gasteiger partial charge in [0.25, 0.3) is 0 Å². The number of carbonyl (C=O) groups excluding carboxylic acids is 2. The summed E-state index contributed by atoms with van der Waals surface area (Å²) in [6.07, 6.45) is 3.41. The number of likely N-dealkylation sites (tertiary alicyclic amines) is 1. The van der Waals surface area contributed by atoms with Crippen LogP contribution in [-0.2, 0) is 9.59 Å². The number of ether oxygens (including phenoxy) is 1. The van der Waals surface area contributed by atoms with E-state index in [2.05, 4.69) is 0 Å². The smallest absolute Gasteiger partial charge is 0.331 e. The lowest BCUT2D eigenvalue weighted by Gasteiger charge is -2.19. The first kappa shape index (κ1) is 13.9. The van der Waals surface area contributed by atoms with E-state index in [1.807, 2.05) is 0 Å². The molecule has 0 aromatic heterocycles. The number of hydrogen-bond donors (Lipinski definition) is 0. The number of nitrogens with zero attached hydrogens (tertiary/aromatic N) is 1. The molecular weight excluding hydrogens is 266 g/mol. The predicted octanol–water partition coefficient (Wildman–Crippen LogP) is 2.65. The van der Waals surface area contributed by atoms with Crippen LogP contribution in [0.4, 0.5) is 0 Å². The third kappa shape index (κ3) is 4.24. The Labute approximate surface area is 117 Å². The Morgan fingerprint density at radius 1 is 1.21 bits per heavy atom. The fraction of sp³-hybridized carbons (Fsp3) is 0.429. The SMILES string of the molecule is O=C(CN1CCCCCC1=O)Oc1ccc(Cl)cc1. The van der Waals surface area contributed by atoms with E-state index in [1.165, 1.54) is 0 Å². The Balaban J connectivity index is 1.89. The van der Waals surface area contributed by atoms with Gasteiger partial charge in [-0.15, -0.1) is 0 Å². The number of esters is 1. The van der Waals surface area contributed by atoms with E-state index in [0.717, 1.165) is 19.3 Å². The minimum atomic E-state index is -0.419. The number of benzene rings is 1. The molecule has 1 fully saturated rings. The number of rotatable bonds is 3. The molecule has 0 N–H and O–H groups in total. The Morgan fingerprint density at radius 2 is 1.95 bits per heavy atom. The van der Waals surface area contributed by atoms with Crippen molar-refractivity contribution in [2.75, 3.05) is 13.1 Å². The normalized spacial score (nSPS) is 16.1. The fourth-order valence-electron chi connectivity index (χ4n) is 2.03. The molecule has 1 aliphatic rings. The number of halogens is 1. The topological polar surface area (TPSA) is 46.6 Å². The van der Waals surface area contributed by atoms with Crippen molar-refractivity contribution < 1.29 is 14.3 Å². The molecule has 19 heavy (non-hydrogen) atoms. The van der Waals surface area contributed by atoms with Gasteiger partial charge in [0.2, 0.25) is 5.91 Å². The van der Waals surface area contributed by atoms with Crippen LogP contribution in [0.25, 0.3) is 0 Å². The van der Waals surface area contributed by atoms with E-state index < -0.39 is 5.97 Å². The molecule has 2 rings (SSSR count). The van der Waals surface area contributed by atoms with E-state index in [9.17, 15) is 9.59 Å². The molecule has 0 spiro atoms. The molecule has 0 bridgehead atoms. The molecule has 0 radical (unpaired) electrons. The predicted molar refractivity (Wildman–Crippen MR) is 72.1 cm³/mol. The van der Waals surface area contributed by atoms with Gasteiger partial charge in [0.15, 0.2) is 0 Å². The minimum absolute atomic E-state index is 0.0153. The maximum atomic E-state index is 11.8. The average Bonchev–Trinajstić information content (AvgIpc) is 2.58. The van der Waals surface area contributed by atoms with Crippen LogP contribution >= 0.6 is 11.6 Å². The molecule has 1 amide bonds. The fourth-order valence-corrected chi connectivity index (χ4v) is 2.15. The Bertz CT molecular complexity index is 458. The van der Waals surface area contributed by atoms with Gasteiger partial charge in [0.05, 0.1) is 0 Å². The zero-order chi connectivity index (χ0) is 13.7. The van der Waals surface area contributed by atoms with E-state index in [0.29, 0.717) is 23.7 Å². The van der Waals surface area contributed by atoms with Crippen LogP contribution in [0.15, 0.2) is 24.3 Å². The Kier molecular flexibility index (Phi) is 4.80. The standard InChI is InChI=1S/C14H16ClNO3/c15-11-5-7-12(8-6-11)19-14(18)10-16-9-3-1-2-4-13(16)17/h5-8H,1-4,9-10H2. The van der Waals surface area contributed by atoms with E-state index in [-0.39, 0.29) is 12.5 Å². The van der Waals surface area contributed by atoms with Crippen molar-refractivity contribution in [3.8, 4) is 5.75 Å².